The molecule has 4 N–H and O–H groups in total. The first kappa shape index (κ1) is 40.4. The van der Waals surface area contributed by atoms with E-state index in [-0.39, 0.29) is 55.4 Å². The summed E-state index contributed by atoms with van der Waals surface area (Å²) >= 11 is 0. The Morgan fingerprint density at radius 2 is 1.75 bits per heavy atom. The van der Waals surface area contributed by atoms with E-state index in [1.807, 2.05) is 63.8 Å². The largest absolute Gasteiger partial charge is 0.494 e. The van der Waals surface area contributed by atoms with Crippen LogP contribution in [0, 0.1) is 5.41 Å². The van der Waals surface area contributed by atoms with Gasteiger partial charge in [-0.1, -0.05) is 34.1 Å². The number of nitrogens with one attached hydrogen (secondary N) is 4. The Morgan fingerprint density at radius 1 is 1.00 bits per heavy atom. The molecule has 2 heterocycles. The van der Waals surface area contributed by atoms with Gasteiger partial charge in [0.25, 0.3) is 5.91 Å². The molecular formula is C38H68N6O7. The normalized spacial score (nSPS) is 19.2. The third-order valence-corrected chi connectivity index (χ3v) is 8.93. The molecule has 4 rings (SSSR count). The maximum absolute atomic E-state index is 14.4. The number of nitrogens with zero attached hydrogens (tertiary/aromatic N) is 2. The van der Waals surface area contributed by atoms with Crippen molar-refractivity contribution in [2.45, 2.75) is 123 Å². The Bertz CT molecular complexity index is 1480. The van der Waals surface area contributed by atoms with E-state index in [4.69, 9.17) is 18.9 Å². The maximum Gasteiger partial charge on any atom is 0.289 e. The molecule has 1 saturated carbocycles. The van der Waals surface area contributed by atoms with Gasteiger partial charge in [0.05, 0.1) is 58.1 Å². The number of ketones is 1. The molecule has 2 amide bonds. The van der Waals surface area contributed by atoms with E-state index in [1.165, 1.54) is 0 Å². The zero-order chi connectivity index (χ0) is 37.2. The van der Waals surface area contributed by atoms with E-state index < -0.39 is 29.2 Å². The third-order valence-electron chi connectivity index (χ3n) is 8.93. The van der Waals surface area contributed by atoms with Gasteiger partial charge < -0.3 is 29.2 Å². The first-order chi connectivity index (χ1) is 24.2. The number of likely N-dealkylation sites (tertiary alicyclic amines) is 1. The number of hydrogen-bond acceptors (Lipinski definition) is 11. The van der Waals surface area contributed by atoms with Gasteiger partial charge in [-0.3, -0.25) is 30.3 Å². The summed E-state index contributed by atoms with van der Waals surface area (Å²) in [7, 11) is 0. The topological polar surface area (TPSA) is 152 Å². The highest BCUT2D eigenvalue weighted by Crippen LogP contribution is 2.31. The van der Waals surface area contributed by atoms with Gasteiger partial charge in [-0.05, 0) is 82.0 Å². The standard InChI is InChI=1S/C38H60N6O7.4H2/c1-9-11-31(32(45)34(46)43-26-12-13-26)40-22-48-21-27-19-29(51-35-30-15-14-28(50-10-2)18-25(30)16-17-39-35)20-44(27)36(47)33(37(3,4)5)41-23-49-24-42-38(6,7)8;;;;/h14-18,26-27,29,31,33,40-42H,9-13,19-24H2,1-8H3,(H,43,46);4*1H/t27-,29?,31-,33+;;;;/m0..../s1. The smallest absolute Gasteiger partial charge is 0.289 e. The Kier molecular flexibility index (Phi) is 14.6. The molecule has 2 fully saturated rings. The van der Waals surface area contributed by atoms with E-state index in [1.54, 1.807) is 6.20 Å². The van der Waals surface area contributed by atoms with Crippen molar-refractivity contribution in [2.75, 3.05) is 40.0 Å². The minimum absolute atomic E-state index is 0. The number of amides is 2. The molecule has 13 nitrogen and oxygen atoms in total. The number of aromatic nitrogens is 1. The summed E-state index contributed by atoms with van der Waals surface area (Å²) < 4.78 is 24.1. The van der Waals surface area contributed by atoms with Gasteiger partial charge in [-0.15, -0.1) is 0 Å². The molecule has 4 atom stereocenters. The summed E-state index contributed by atoms with van der Waals surface area (Å²) in [6, 6.07) is 6.34. The van der Waals surface area contributed by atoms with Gasteiger partial charge in [0, 0.05) is 35.3 Å². The number of ether oxygens (including phenoxy) is 4. The number of benzene rings is 1. The minimum atomic E-state index is -0.644. The van der Waals surface area contributed by atoms with Crippen molar-refractivity contribution < 1.29 is 39.0 Å². The fourth-order valence-corrected chi connectivity index (χ4v) is 6.03. The third kappa shape index (κ3) is 12.4. The number of fused-ring (bicyclic) bond motifs is 1. The molecule has 2 aliphatic rings. The monoisotopic (exact) mass is 721 g/mol. The molecule has 1 saturated heterocycles. The molecule has 1 aliphatic carbocycles. The lowest BCUT2D eigenvalue weighted by Gasteiger charge is -2.36. The molecule has 0 spiro atoms. The van der Waals surface area contributed by atoms with Crippen LogP contribution in [-0.4, -0.2) is 103 Å². The lowest BCUT2D eigenvalue weighted by atomic mass is 9.85. The molecule has 1 unspecified atom stereocenters. The highest BCUT2D eigenvalue weighted by atomic mass is 16.5. The van der Waals surface area contributed by atoms with Crippen LogP contribution >= 0.6 is 0 Å². The lowest BCUT2D eigenvalue weighted by molar-refractivity contribution is -0.140. The second-order valence-electron chi connectivity index (χ2n) is 15.6. The van der Waals surface area contributed by atoms with Crippen LogP contribution in [0.25, 0.3) is 10.8 Å². The second kappa shape index (κ2) is 18.4. The van der Waals surface area contributed by atoms with E-state index in [0.717, 1.165) is 35.8 Å². The summed E-state index contributed by atoms with van der Waals surface area (Å²) in [5.74, 6) is 0.160. The quantitative estimate of drug-likeness (QED) is 0.0843. The van der Waals surface area contributed by atoms with Gasteiger partial charge in [-0.25, -0.2) is 4.98 Å². The number of Topliss-reactive ketones (excluding diaryl/α,β-unsaturated/α-hetero) is 1. The summed E-state index contributed by atoms with van der Waals surface area (Å²) in [6.45, 7) is 17.9. The highest BCUT2D eigenvalue weighted by molar-refractivity contribution is 6.38. The molecule has 0 radical (unpaired) electrons. The molecule has 0 bridgehead atoms. The zero-order valence-corrected chi connectivity index (χ0v) is 31.8. The van der Waals surface area contributed by atoms with Crippen molar-refractivity contribution in [2.24, 2.45) is 5.41 Å². The molecule has 13 heteroatoms. The van der Waals surface area contributed by atoms with Crippen molar-refractivity contribution >= 4 is 28.4 Å². The van der Waals surface area contributed by atoms with Crippen LogP contribution in [0.2, 0.25) is 0 Å². The van der Waals surface area contributed by atoms with Gasteiger partial charge in [0.15, 0.2) is 0 Å². The fraction of sp³-hybridized carbons (Fsp3) is 0.684. The number of hydrogen-bond donors (Lipinski definition) is 4. The van der Waals surface area contributed by atoms with Gasteiger partial charge in [-0.2, -0.15) is 0 Å². The number of carbonyl (C=O) groups excluding carboxylic acids is 3. The van der Waals surface area contributed by atoms with Gasteiger partial charge >= 0.3 is 0 Å². The summed E-state index contributed by atoms with van der Waals surface area (Å²) in [4.78, 5) is 46.1. The van der Waals surface area contributed by atoms with E-state index in [0.29, 0.717) is 38.6 Å². The Hall–Kier alpha value is -3.36. The van der Waals surface area contributed by atoms with Crippen LogP contribution in [0.15, 0.2) is 30.5 Å². The summed E-state index contributed by atoms with van der Waals surface area (Å²) in [6.07, 6.45) is 4.96. The molecule has 292 valence electrons. The van der Waals surface area contributed by atoms with Crippen LogP contribution < -0.4 is 30.7 Å². The molecule has 51 heavy (non-hydrogen) atoms. The lowest BCUT2D eigenvalue weighted by Crippen LogP contribution is -2.55. The minimum Gasteiger partial charge on any atom is -0.494 e. The van der Waals surface area contributed by atoms with E-state index in [2.05, 4.69) is 47.0 Å². The van der Waals surface area contributed by atoms with Crippen LogP contribution in [-0.2, 0) is 23.9 Å². The van der Waals surface area contributed by atoms with Crippen LogP contribution in [0.3, 0.4) is 0 Å². The Labute approximate surface area is 309 Å². The highest BCUT2D eigenvalue weighted by Gasteiger charge is 2.43. The van der Waals surface area contributed by atoms with Gasteiger partial charge in [0.2, 0.25) is 17.6 Å². The second-order valence-corrected chi connectivity index (χ2v) is 15.6. The number of rotatable bonds is 20. The number of carbonyl (C=O) groups is 3. The Morgan fingerprint density at radius 3 is 2.41 bits per heavy atom. The Balaban J connectivity index is 0.00000729. The van der Waals surface area contributed by atoms with Crippen LogP contribution in [0.5, 0.6) is 11.6 Å². The van der Waals surface area contributed by atoms with Crippen LogP contribution in [0.4, 0.5) is 0 Å². The van der Waals surface area contributed by atoms with E-state index >= 15 is 0 Å². The first-order valence-electron chi connectivity index (χ1n) is 18.4. The van der Waals surface area contributed by atoms with Crippen molar-refractivity contribution in [1.82, 2.24) is 31.2 Å². The molecule has 1 aromatic carbocycles. The maximum atomic E-state index is 14.4. The van der Waals surface area contributed by atoms with Crippen molar-refractivity contribution in [3.05, 3.63) is 30.5 Å². The fourth-order valence-electron chi connectivity index (χ4n) is 6.03. The summed E-state index contributed by atoms with van der Waals surface area (Å²) in [5, 5.41) is 14.3. The summed E-state index contributed by atoms with van der Waals surface area (Å²) in [5.41, 5.74) is -0.517. The van der Waals surface area contributed by atoms with Gasteiger partial charge in [0.1, 0.15) is 11.9 Å². The van der Waals surface area contributed by atoms with E-state index in [9.17, 15) is 14.4 Å². The SMILES string of the molecule is CCC[C@H](NCOC[C@@H]1CC(Oc2nccc3cc(OCC)ccc23)CN1C(=O)[C@@H](NCOCNC(C)(C)C)C(C)(C)C)C(=O)C(=O)NC1CC1.[HH].[HH].[HH].[HH]. The predicted octanol–water partition coefficient (Wildman–Crippen LogP) is 4.87. The predicted molar refractivity (Wildman–Crippen MR) is 205 cm³/mol. The van der Waals surface area contributed by atoms with Crippen molar-refractivity contribution in [3.8, 4) is 11.6 Å². The molecular weight excluding hydrogens is 652 g/mol. The van der Waals surface area contributed by atoms with Crippen LogP contribution in [0.1, 0.15) is 93.2 Å². The average Bonchev–Trinajstić information content (AvgIpc) is 3.79. The molecule has 2 aromatic rings. The average molecular weight is 721 g/mol. The molecule has 1 aromatic heterocycles. The van der Waals surface area contributed by atoms with Crippen molar-refractivity contribution in [1.29, 1.82) is 0 Å². The van der Waals surface area contributed by atoms with Crippen molar-refractivity contribution in [3.63, 3.8) is 0 Å². The zero-order valence-electron chi connectivity index (χ0n) is 31.8. The molecule has 1 aliphatic heterocycles. The first-order valence-corrected chi connectivity index (χ1v) is 18.4. The number of pyridine rings is 1.